The highest BCUT2D eigenvalue weighted by molar-refractivity contribution is 14.1. The number of ether oxygens (including phenoxy) is 1. The minimum Gasteiger partial charge on any atom is -0.504 e. The van der Waals surface area contributed by atoms with Gasteiger partial charge < -0.3 is 15.2 Å². The highest BCUT2D eigenvalue weighted by Gasteiger charge is 2.10. The summed E-state index contributed by atoms with van der Waals surface area (Å²) in [6.07, 6.45) is 1.44. The molecule has 0 radical (unpaired) electrons. The van der Waals surface area contributed by atoms with Gasteiger partial charge >= 0.3 is 0 Å². The van der Waals surface area contributed by atoms with Crippen LogP contribution in [0.3, 0.4) is 0 Å². The Labute approximate surface area is 147 Å². The van der Waals surface area contributed by atoms with Crippen LogP contribution < -0.4 is 10.1 Å². The normalized spacial score (nSPS) is 10.7. The number of nitriles is 1. The molecule has 0 saturated carbocycles. The lowest BCUT2D eigenvalue weighted by Gasteiger charge is -2.06. The molecule has 0 atom stereocenters. The van der Waals surface area contributed by atoms with Gasteiger partial charge in [-0.2, -0.15) is 5.26 Å². The minimum atomic E-state index is -0.499. The molecule has 2 aromatic carbocycles. The van der Waals surface area contributed by atoms with Crippen molar-refractivity contribution in [1.29, 1.82) is 5.26 Å². The minimum absolute atomic E-state index is 0.00790. The van der Waals surface area contributed by atoms with E-state index in [1.54, 1.807) is 24.3 Å². The first kappa shape index (κ1) is 16.8. The first-order valence-corrected chi connectivity index (χ1v) is 7.67. The number of carbonyl (C=O) groups excluding carboxylic acids is 1. The molecular formula is C17H13IN2O3. The molecule has 2 aromatic rings. The fraction of sp³-hybridized carbons (Fsp3) is 0.0588. The number of amides is 1. The van der Waals surface area contributed by atoms with Crippen LogP contribution in [0.5, 0.6) is 11.5 Å². The van der Waals surface area contributed by atoms with E-state index < -0.39 is 5.91 Å². The van der Waals surface area contributed by atoms with Gasteiger partial charge in [-0.1, -0.05) is 12.1 Å². The fourth-order valence-electron chi connectivity index (χ4n) is 1.86. The van der Waals surface area contributed by atoms with Crippen molar-refractivity contribution in [3.63, 3.8) is 0 Å². The zero-order chi connectivity index (χ0) is 16.8. The van der Waals surface area contributed by atoms with Crippen LogP contribution in [0.15, 0.2) is 48.0 Å². The van der Waals surface area contributed by atoms with E-state index >= 15 is 0 Å². The summed E-state index contributed by atoms with van der Waals surface area (Å²) in [5.41, 5.74) is 1.15. The Bertz CT molecular complexity index is 810. The van der Waals surface area contributed by atoms with Crippen molar-refractivity contribution in [2.45, 2.75) is 0 Å². The van der Waals surface area contributed by atoms with Gasteiger partial charge in [-0.15, -0.1) is 0 Å². The van der Waals surface area contributed by atoms with Crippen molar-refractivity contribution in [3.8, 4) is 17.6 Å². The third-order valence-corrected chi connectivity index (χ3v) is 3.63. The third-order valence-electron chi connectivity index (χ3n) is 2.96. The zero-order valence-electron chi connectivity index (χ0n) is 12.2. The van der Waals surface area contributed by atoms with Crippen molar-refractivity contribution in [2.75, 3.05) is 12.4 Å². The lowest BCUT2D eigenvalue weighted by atomic mass is 10.1. The largest absolute Gasteiger partial charge is 0.504 e. The SMILES string of the molecule is COc1cc(/C=C(\C#N)C(=O)Nc2cccc(I)c2)ccc1O. The number of aromatic hydroxyl groups is 1. The molecule has 5 nitrogen and oxygen atoms in total. The van der Waals surface area contributed by atoms with Crippen LogP contribution in [0.1, 0.15) is 5.56 Å². The maximum Gasteiger partial charge on any atom is 0.266 e. The molecule has 0 aromatic heterocycles. The first-order valence-electron chi connectivity index (χ1n) is 6.59. The molecular weight excluding hydrogens is 407 g/mol. The average Bonchev–Trinajstić information content (AvgIpc) is 2.53. The van der Waals surface area contributed by atoms with E-state index in [0.29, 0.717) is 11.3 Å². The summed E-state index contributed by atoms with van der Waals surface area (Å²) >= 11 is 2.14. The summed E-state index contributed by atoms with van der Waals surface area (Å²) in [6.45, 7) is 0. The fourth-order valence-corrected chi connectivity index (χ4v) is 2.41. The van der Waals surface area contributed by atoms with Crippen LogP contribution in [-0.2, 0) is 4.79 Å². The lowest BCUT2D eigenvalue weighted by Crippen LogP contribution is -2.13. The summed E-state index contributed by atoms with van der Waals surface area (Å²) in [5.74, 6) is -0.234. The monoisotopic (exact) mass is 420 g/mol. The second kappa shape index (κ2) is 7.65. The Morgan fingerprint density at radius 3 is 2.78 bits per heavy atom. The lowest BCUT2D eigenvalue weighted by molar-refractivity contribution is -0.112. The Hall–Kier alpha value is -2.53. The van der Waals surface area contributed by atoms with Gasteiger partial charge in [0.2, 0.25) is 0 Å². The molecule has 6 heteroatoms. The molecule has 0 fully saturated rings. The first-order chi connectivity index (χ1) is 11.0. The van der Waals surface area contributed by atoms with E-state index in [1.165, 1.54) is 19.3 Å². The van der Waals surface area contributed by atoms with Gasteiger partial charge in [0, 0.05) is 9.26 Å². The number of anilines is 1. The van der Waals surface area contributed by atoms with Gasteiger partial charge in [0.1, 0.15) is 11.6 Å². The van der Waals surface area contributed by atoms with Crippen molar-refractivity contribution >= 4 is 40.3 Å². The van der Waals surface area contributed by atoms with E-state index in [4.69, 9.17) is 4.74 Å². The van der Waals surface area contributed by atoms with Gasteiger partial charge in [-0.25, -0.2) is 0 Å². The molecule has 23 heavy (non-hydrogen) atoms. The predicted octanol–water partition coefficient (Wildman–Crippen LogP) is 3.55. The van der Waals surface area contributed by atoms with Crippen LogP contribution in [-0.4, -0.2) is 18.1 Å². The molecule has 0 unspecified atom stereocenters. The summed E-state index contributed by atoms with van der Waals surface area (Å²) in [6, 6.07) is 13.7. The van der Waals surface area contributed by atoms with E-state index in [2.05, 4.69) is 27.9 Å². The van der Waals surface area contributed by atoms with Crippen LogP contribution in [0.25, 0.3) is 6.08 Å². The highest BCUT2D eigenvalue weighted by Crippen LogP contribution is 2.27. The Morgan fingerprint density at radius 1 is 1.35 bits per heavy atom. The number of nitrogens with zero attached hydrogens (tertiary/aromatic N) is 1. The zero-order valence-corrected chi connectivity index (χ0v) is 14.4. The average molecular weight is 420 g/mol. The van der Waals surface area contributed by atoms with Crippen LogP contribution >= 0.6 is 22.6 Å². The number of methoxy groups -OCH3 is 1. The Balaban J connectivity index is 2.25. The molecule has 0 aliphatic carbocycles. The number of rotatable bonds is 4. The number of phenolic OH excluding ortho intramolecular Hbond substituents is 1. The topological polar surface area (TPSA) is 82.3 Å². The Kier molecular flexibility index (Phi) is 5.60. The molecule has 0 heterocycles. The van der Waals surface area contributed by atoms with E-state index in [1.807, 2.05) is 18.2 Å². The number of hydrogen-bond acceptors (Lipinski definition) is 4. The van der Waals surface area contributed by atoms with Crippen molar-refractivity contribution < 1.29 is 14.6 Å². The molecule has 2 rings (SSSR count). The van der Waals surface area contributed by atoms with Crippen LogP contribution in [0.4, 0.5) is 5.69 Å². The highest BCUT2D eigenvalue weighted by atomic mass is 127. The number of halogens is 1. The van der Waals surface area contributed by atoms with Gasteiger partial charge in [0.15, 0.2) is 11.5 Å². The summed E-state index contributed by atoms with van der Waals surface area (Å²) < 4.78 is 5.98. The third kappa shape index (κ3) is 4.47. The molecule has 1 amide bonds. The predicted molar refractivity (Wildman–Crippen MR) is 96.0 cm³/mol. The van der Waals surface area contributed by atoms with Crippen molar-refractivity contribution in [2.24, 2.45) is 0 Å². The quantitative estimate of drug-likeness (QED) is 0.450. The smallest absolute Gasteiger partial charge is 0.266 e. The number of phenols is 1. The van der Waals surface area contributed by atoms with Gasteiger partial charge in [0.05, 0.1) is 7.11 Å². The second-order valence-corrected chi connectivity index (χ2v) is 5.81. The second-order valence-electron chi connectivity index (χ2n) is 4.57. The van der Waals surface area contributed by atoms with Gasteiger partial charge in [-0.05, 0) is 64.6 Å². The van der Waals surface area contributed by atoms with Crippen molar-refractivity contribution in [1.82, 2.24) is 0 Å². The maximum atomic E-state index is 12.2. The van der Waals surface area contributed by atoms with Gasteiger partial charge in [0.25, 0.3) is 5.91 Å². The van der Waals surface area contributed by atoms with Crippen molar-refractivity contribution in [3.05, 3.63) is 57.2 Å². The van der Waals surface area contributed by atoms with E-state index in [-0.39, 0.29) is 17.1 Å². The number of nitrogens with one attached hydrogen (secondary N) is 1. The maximum absolute atomic E-state index is 12.2. The Morgan fingerprint density at radius 2 is 2.13 bits per heavy atom. The van der Waals surface area contributed by atoms with Gasteiger partial charge in [-0.3, -0.25) is 4.79 Å². The summed E-state index contributed by atoms with van der Waals surface area (Å²) in [5, 5.41) is 21.5. The number of carbonyl (C=O) groups is 1. The number of hydrogen-bond donors (Lipinski definition) is 2. The molecule has 0 bridgehead atoms. The molecule has 0 aliphatic heterocycles. The van der Waals surface area contributed by atoms with Crippen LogP contribution in [0, 0.1) is 14.9 Å². The molecule has 2 N–H and O–H groups in total. The molecule has 0 spiro atoms. The van der Waals surface area contributed by atoms with E-state index in [9.17, 15) is 15.2 Å². The summed E-state index contributed by atoms with van der Waals surface area (Å²) in [7, 11) is 1.43. The standard InChI is InChI=1S/C17H13IN2O3/c1-23-16-8-11(5-6-15(16)21)7-12(10-19)17(22)20-14-4-2-3-13(18)9-14/h2-9,21H,1H3,(H,20,22)/b12-7+. The molecule has 0 aliphatic rings. The number of benzene rings is 2. The molecule has 0 saturated heterocycles. The molecule has 116 valence electrons. The summed E-state index contributed by atoms with van der Waals surface area (Å²) in [4.78, 5) is 12.2. The van der Waals surface area contributed by atoms with E-state index in [0.717, 1.165) is 3.57 Å². The van der Waals surface area contributed by atoms with Crippen LogP contribution in [0.2, 0.25) is 0 Å².